The van der Waals surface area contributed by atoms with E-state index in [1.165, 1.54) is 0 Å². The highest BCUT2D eigenvalue weighted by Gasteiger charge is 2.34. The Bertz CT molecular complexity index is 1320. The van der Waals surface area contributed by atoms with Crippen LogP contribution in [0, 0.1) is 6.92 Å². The summed E-state index contributed by atoms with van der Waals surface area (Å²) < 4.78 is 7.62. The molecular weight excluding hydrogens is 416 g/mol. The van der Waals surface area contributed by atoms with Crippen molar-refractivity contribution in [1.82, 2.24) is 25.0 Å². The van der Waals surface area contributed by atoms with Crippen LogP contribution in [0.2, 0.25) is 0 Å². The minimum absolute atomic E-state index is 0.0204. The minimum Gasteiger partial charge on any atom is -0.491 e. The SMILES string of the molecule is Cc1nn(-c2nncc(-c3ccccc3)n2)c2c1[C@H](c1ccccc1OC(C)C)CC(=O)N2. The van der Waals surface area contributed by atoms with Crippen LogP contribution in [0.5, 0.6) is 5.75 Å². The zero-order chi connectivity index (χ0) is 22.9. The quantitative estimate of drug-likeness (QED) is 0.497. The van der Waals surface area contributed by atoms with Gasteiger partial charge in [0.15, 0.2) is 0 Å². The Hall–Kier alpha value is -4.07. The smallest absolute Gasteiger partial charge is 0.272 e. The maximum Gasteiger partial charge on any atom is 0.272 e. The second-order valence-corrected chi connectivity index (χ2v) is 8.28. The minimum atomic E-state index is -0.192. The summed E-state index contributed by atoms with van der Waals surface area (Å²) in [6.07, 6.45) is 1.94. The zero-order valence-corrected chi connectivity index (χ0v) is 18.7. The first-order valence-electron chi connectivity index (χ1n) is 10.9. The molecule has 1 amide bonds. The number of carbonyl (C=O) groups is 1. The number of carbonyl (C=O) groups excluding carboxylic acids is 1. The molecule has 0 fully saturated rings. The first-order chi connectivity index (χ1) is 16.0. The van der Waals surface area contributed by atoms with Crippen molar-refractivity contribution in [2.24, 2.45) is 0 Å². The first-order valence-corrected chi connectivity index (χ1v) is 10.9. The molecule has 33 heavy (non-hydrogen) atoms. The summed E-state index contributed by atoms with van der Waals surface area (Å²) in [5.41, 5.74) is 4.29. The normalized spacial score (nSPS) is 15.3. The highest BCUT2D eigenvalue weighted by Crippen LogP contribution is 2.43. The molecule has 1 aliphatic heterocycles. The Morgan fingerprint density at radius 3 is 2.64 bits per heavy atom. The van der Waals surface area contributed by atoms with E-state index in [2.05, 4.69) is 20.5 Å². The number of aromatic nitrogens is 5. The molecule has 1 N–H and O–H groups in total. The predicted octanol–water partition coefficient (Wildman–Crippen LogP) is 4.29. The molecule has 1 atom stereocenters. The molecule has 0 saturated carbocycles. The number of rotatable bonds is 5. The zero-order valence-electron chi connectivity index (χ0n) is 18.7. The molecule has 4 aromatic rings. The molecule has 0 unspecified atom stereocenters. The van der Waals surface area contributed by atoms with Gasteiger partial charge in [0, 0.05) is 29.0 Å². The third kappa shape index (κ3) is 3.95. The van der Waals surface area contributed by atoms with E-state index in [1.807, 2.05) is 75.4 Å². The molecular formula is C25H24N6O2. The number of hydrogen-bond acceptors (Lipinski definition) is 6. The number of nitrogens with zero attached hydrogens (tertiary/aromatic N) is 5. The fraction of sp³-hybridized carbons (Fsp3) is 0.240. The van der Waals surface area contributed by atoms with Crippen LogP contribution in [0.25, 0.3) is 17.2 Å². The van der Waals surface area contributed by atoms with Crippen LogP contribution >= 0.6 is 0 Å². The Morgan fingerprint density at radius 2 is 1.85 bits per heavy atom. The monoisotopic (exact) mass is 440 g/mol. The van der Waals surface area contributed by atoms with Crippen LogP contribution in [0.1, 0.15) is 43.0 Å². The van der Waals surface area contributed by atoms with Gasteiger partial charge in [-0.05, 0) is 26.8 Å². The van der Waals surface area contributed by atoms with Crippen molar-refractivity contribution in [3.05, 3.63) is 77.6 Å². The van der Waals surface area contributed by atoms with Crippen molar-refractivity contribution >= 4 is 11.7 Å². The summed E-state index contributed by atoms with van der Waals surface area (Å²) >= 11 is 0. The van der Waals surface area contributed by atoms with Gasteiger partial charge in [-0.15, -0.1) is 5.10 Å². The number of nitrogens with one attached hydrogen (secondary N) is 1. The number of hydrogen-bond donors (Lipinski definition) is 1. The number of aryl methyl sites for hydroxylation is 1. The van der Waals surface area contributed by atoms with Gasteiger partial charge < -0.3 is 10.1 Å². The maximum atomic E-state index is 12.8. The lowest BCUT2D eigenvalue weighted by Crippen LogP contribution is -2.25. The van der Waals surface area contributed by atoms with Gasteiger partial charge in [0.1, 0.15) is 11.6 Å². The van der Waals surface area contributed by atoms with Gasteiger partial charge in [-0.3, -0.25) is 4.79 Å². The van der Waals surface area contributed by atoms with E-state index < -0.39 is 0 Å². The summed E-state index contributed by atoms with van der Waals surface area (Å²) in [6, 6.07) is 17.6. The second-order valence-electron chi connectivity index (χ2n) is 8.28. The van der Waals surface area contributed by atoms with Crippen molar-refractivity contribution in [3.8, 4) is 23.0 Å². The van der Waals surface area contributed by atoms with E-state index in [1.54, 1.807) is 10.9 Å². The Balaban J connectivity index is 1.62. The van der Waals surface area contributed by atoms with Gasteiger partial charge in [-0.25, -0.2) is 4.98 Å². The van der Waals surface area contributed by atoms with E-state index in [9.17, 15) is 4.79 Å². The van der Waals surface area contributed by atoms with Crippen molar-refractivity contribution < 1.29 is 9.53 Å². The number of fused-ring (bicyclic) bond motifs is 1. The molecule has 1 aliphatic rings. The third-order valence-electron chi connectivity index (χ3n) is 5.57. The van der Waals surface area contributed by atoms with E-state index in [0.717, 1.165) is 28.1 Å². The van der Waals surface area contributed by atoms with E-state index in [-0.39, 0.29) is 17.9 Å². The fourth-order valence-electron chi connectivity index (χ4n) is 4.22. The highest BCUT2D eigenvalue weighted by atomic mass is 16.5. The van der Waals surface area contributed by atoms with Gasteiger partial charge in [0.05, 0.1) is 23.7 Å². The molecule has 166 valence electrons. The van der Waals surface area contributed by atoms with Crippen LogP contribution in [-0.2, 0) is 4.79 Å². The van der Waals surface area contributed by atoms with Crippen molar-refractivity contribution in [3.63, 3.8) is 0 Å². The summed E-state index contributed by atoms with van der Waals surface area (Å²) in [5.74, 6) is 1.35. The molecule has 2 aromatic heterocycles. The van der Waals surface area contributed by atoms with E-state index >= 15 is 0 Å². The molecule has 8 heteroatoms. The van der Waals surface area contributed by atoms with Crippen molar-refractivity contribution in [1.29, 1.82) is 0 Å². The van der Waals surface area contributed by atoms with Gasteiger partial charge in [0.2, 0.25) is 5.91 Å². The first kappa shape index (κ1) is 20.8. The fourth-order valence-corrected chi connectivity index (χ4v) is 4.22. The molecule has 0 aliphatic carbocycles. The number of benzene rings is 2. The molecule has 0 radical (unpaired) electrons. The van der Waals surface area contributed by atoms with E-state index in [4.69, 9.17) is 9.84 Å². The van der Waals surface area contributed by atoms with E-state index in [0.29, 0.717) is 23.9 Å². The highest BCUT2D eigenvalue weighted by molar-refractivity contribution is 5.95. The Labute approximate surface area is 191 Å². The standard InChI is InChI=1S/C25H24N6O2/c1-15(2)33-21-12-8-7-11-18(21)19-13-22(32)28-24-23(19)16(3)30-31(24)25-27-20(14-26-29-25)17-9-5-4-6-10-17/h4-12,14-15,19H,13H2,1-3H3,(H,28,32)/t19-/m0/s1. The summed E-state index contributed by atoms with van der Waals surface area (Å²) in [7, 11) is 0. The molecule has 0 saturated heterocycles. The number of anilines is 1. The van der Waals surface area contributed by atoms with Crippen LogP contribution in [0.3, 0.4) is 0 Å². The largest absolute Gasteiger partial charge is 0.491 e. The predicted molar refractivity (Wildman–Crippen MR) is 124 cm³/mol. The molecule has 8 nitrogen and oxygen atoms in total. The lowest BCUT2D eigenvalue weighted by Gasteiger charge is -2.26. The van der Waals surface area contributed by atoms with Crippen molar-refractivity contribution in [2.45, 2.75) is 39.2 Å². The van der Waals surface area contributed by atoms with Crippen LogP contribution in [0.15, 0.2) is 60.8 Å². The molecule has 0 bridgehead atoms. The summed E-state index contributed by atoms with van der Waals surface area (Å²) in [6.45, 7) is 5.91. The van der Waals surface area contributed by atoms with Gasteiger partial charge in [-0.2, -0.15) is 14.9 Å². The molecule has 5 rings (SSSR count). The topological polar surface area (TPSA) is 94.8 Å². The summed E-state index contributed by atoms with van der Waals surface area (Å²) in [4.78, 5) is 17.4. The Morgan fingerprint density at radius 1 is 1.09 bits per heavy atom. The van der Waals surface area contributed by atoms with Gasteiger partial charge in [0.25, 0.3) is 5.95 Å². The lowest BCUT2D eigenvalue weighted by molar-refractivity contribution is -0.116. The maximum absolute atomic E-state index is 12.8. The van der Waals surface area contributed by atoms with Gasteiger partial charge >= 0.3 is 0 Å². The van der Waals surface area contributed by atoms with Crippen LogP contribution < -0.4 is 10.1 Å². The molecule has 3 heterocycles. The summed E-state index contributed by atoms with van der Waals surface area (Å²) in [5, 5.41) is 16.0. The third-order valence-corrected chi connectivity index (χ3v) is 5.57. The number of para-hydroxylation sites is 1. The van der Waals surface area contributed by atoms with Crippen molar-refractivity contribution in [2.75, 3.05) is 5.32 Å². The molecule has 2 aromatic carbocycles. The number of ether oxygens (including phenoxy) is 1. The average molecular weight is 441 g/mol. The molecule has 0 spiro atoms. The Kier molecular flexibility index (Phi) is 5.34. The lowest BCUT2D eigenvalue weighted by atomic mass is 9.85. The number of amides is 1. The second kappa shape index (κ2) is 8.46. The van der Waals surface area contributed by atoms with Crippen LogP contribution in [-0.4, -0.2) is 37.0 Å². The average Bonchev–Trinajstić information content (AvgIpc) is 3.15. The van der Waals surface area contributed by atoms with Gasteiger partial charge in [-0.1, -0.05) is 48.5 Å². The van der Waals surface area contributed by atoms with Crippen LogP contribution in [0.4, 0.5) is 5.82 Å².